The Hall–Kier alpha value is -3.14. The summed E-state index contributed by atoms with van der Waals surface area (Å²) in [5.74, 6) is -0.317. The first kappa shape index (κ1) is 20.2. The van der Waals surface area contributed by atoms with Crippen LogP contribution >= 0.6 is 0 Å². The summed E-state index contributed by atoms with van der Waals surface area (Å²) in [6.07, 6.45) is 0.960. The number of methoxy groups -OCH3 is 2. The third-order valence-electron chi connectivity index (χ3n) is 3.61. The number of sulfonamides is 1. The molecule has 0 fully saturated rings. The van der Waals surface area contributed by atoms with Crippen molar-refractivity contribution in [2.75, 3.05) is 18.9 Å². The Bertz CT molecular complexity index is 942. The third kappa shape index (κ3) is 5.17. The number of carboxylic acids is 1. The summed E-state index contributed by atoms with van der Waals surface area (Å²) in [5, 5.41) is 16.9. The minimum absolute atomic E-state index is 0.0102. The van der Waals surface area contributed by atoms with Crippen molar-refractivity contribution < 1.29 is 27.8 Å². The van der Waals surface area contributed by atoms with Gasteiger partial charge in [0.25, 0.3) is 10.0 Å². The molecule has 1 aromatic carbocycles. The molecule has 0 spiro atoms. The van der Waals surface area contributed by atoms with Crippen molar-refractivity contribution in [2.45, 2.75) is 17.7 Å². The second kappa shape index (κ2) is 8.49. The van der Waals surface area contributed by atoms with Crippen LogP contribution in [0.25, 0.3) is 0 Å². The SMILES string of the molecule is COc1ccc(S(=O)(=O)Nc2ncc(OC)cc2C(=N)CCC(=O)O)cc1. The van der Waals surface area contributed by atoms with Crippen LogP contribution in [-0.2, 0) is 14.8 Å². The molecule has 27 heavy (non-hydrogen) atoms. The van der Waals surface area contributed by atoms with Crippen molar-refractivity contribution in [1.82, 2.24) is 4.98 Å². The van der Waals surface area contributed by atoms with Gasteiger partial charge in [0.15, 0.2) is 0 Å². The highest BCUT2D eigenvalue weighted by molar-refractivity contribution is 7.92. The molecular formula is C17H19N3O6S. The molecule has 0 aliphatic heterocycles. The van der Waals surface area contributed by atoms with Crippen LogP contribution in [-0.4, -0.2) is 44.4 Å². The minimum atomic E-state index is -3.97. The molecule has 144 valence electrons. The fraction of sp³-hybridized carbons (Fsp3) is 0.235. The van der Waals surface area contributed by atoms with Crippen LogP contribution in [0.4, 0.5) is 5.82 Å². The van der Waals surface area contributed by atoms with E-state index < -0.39 is 16.0 Å². The predicted octanol–water partition coefficient (Wildman–Crippen LogP) is 2.13. The maximum Gasteiger partial charge on any atom is 0.303 e. The molecule has 0 radical (unpaired) electrons. The zero-order chi connectivity index (χ0) is 20.0. The number of benzene rings is 1. The topological polar surface area (TPSA) is 139 Å². The van der Waals surface area contributed by atoms with Gasteiger partial charge < -0.3 is 20.0 Å². The molecule has 2 aromatic rings. The number of aliphatic carboxylic acids is 1. The Labute approximate surface area is 156 Å². The van der Waals surface area contributed by atoms with E-state index in [1.54, 1.807) is 0 Å². The Morgan fingerprint density at radius 3 is 2.33 bits per heavy atom. The van der Waals surface area contributed by atoms with E-state index in [9.17, 15) is 13.2 Å². The Balaban J connectivity index is 2.35. The lowest BCUT2D eigenvalue weighted by Gasteiger charge is -2.13. The molecule has 1 aromatic heterocycles. The number of aromatic nitrogens is 1. The number of carbonyl (C=O) groups is 1. The van der Waals surface area contributed by atoms with Gasteiger partial charge in [-0.05, 0) is 30.3 Å². The average Bonchev–Trinajstić information content (AvgIpc) is 2.66. The van der Waals surface area contributed by atoms with E-state index >= 15 is 0 Å². The number of anilines is 1. The van der Waals surface area contributed by atoms with Gasteiger partial charge >= 0.3 is 5.97 Å². The highest BCUT2D eigenvalue weighted by Gasteiger charge is 2.20. The number of rotatable bonds is 9. The van der Waals surface area contributed by atoms with Crippen LogP contribution in [0.1, 0.15) is 18.4 Å². The predicted molar refractivity (Wildman–Crippen MR) is 98.3 cm³/mol. The number of ether oxygens (including phenoxy) is 2. The van der Waals surface area contributed by atoms with Crippen molar-refractivity contribution >= 4 is 27.5 Å². The standard InChI is InChI=1S/C17H19N3O6S/c1-25-11-3-5-13(6-4-11)27(23,24)20-17-14(9-12(26-2)10-19-17)15(18)7-8-16(21)22/h3-6,9-10,18H,7-8H2,1-2H3,(H,19,20)(H,21,22). The van der Waals surface area contributed by atoms with E-state index in [1.807, 2.05) is 0 Å². The van der Waals surface area contributed by atoms with E-state index in [-0.39, 0.29) is 34.8 Å². The summed E-state index contributed by atoms with van der Waals surface area (Å²) < 4.78 is 37.6. The lowest BCUT2D eigenvalue weighted by Crippen LogP contribution is -2.17. The van der Waals surface area contributed by atoms with Gasteiger partial charge in [0.1, 0.15) is 17.3 Å². The van der Waals surface area contributed by atoms with Crippen molar-refractivity contribution in [2.24, 2.45) is 0 Å². The fourth-order valence-corrected chi connectivity index (χ4v) is 3.21. The van der Waals surface area contributed by atoms with Gasteiger partial charge in [-0.3, -0.25) is 9.52 Å². The van der Waals surface area contributed by atoms with Crippen LogP contribution in [0, 0.1) is 5.41 Å². The second-order valence-electron chi connectivity index (χ2n) is 5.42. The van der Waals surface area contributed by atoms with Gasteiger partial charge in [-0.15, -0.1) is 0 Å². The first-order valence-electron chi connectivity index (χ1n) is 7.77. The maximum absolute atomic E-state index is 12.6. The normalized spacial score (nSPS) is 10.9. The average molecular weight is 393 g/mol. The zero-order valence-electron chi connectivity index (χ0n) is 14.7. The molecule has 1 heterocycles. The van der Waals surface area contributed by atoms with Gasteiger partial charge in [0.2, 0.25) is 0 Å². The van der Waals surface area contributed by atoms with Crippen molar-refractivity contribution in [1.29, 1.82) is 5.41 Å². The van der Waals surface area contributed by atoms with E-state index in [0.29, 0.717) is 11.5 Å². The number of hydrogen-bond acceptors (Lipinski definition) is 7. The number of nitrogens with one attached hydrogen (secondary N) is 2. The highest BCUT2D eigenvalue weighted by Crippen LogP contribution is 2.24. The molecule has 3 N–H and O–H groups in total. The van der Waals surface area contributed by atoms with E-state index in [0.717, 1.165) is 0 Å². The van der Waals surface area contributed by atoms with Crippen LogP contribution < -0.4 is 14.2 Å². The Kier molecular flexibility index (Phi) is 6.35. The molecule has 0 unspecified atom stereocenters. The lowest BCUT2D eigenvalue weighted by atomic mass is 10.1. The quantitative estimate of drug-likeness (QED) is 0.555. The van der Waals surface area contributed by atoms with Crippen molar-refractivity contribution in [3.63, 3.8) is 0 Å². The summed E-state index contributed by atoms with van der Waals surface area (Å²) in [7, 11) is -1.09. The molecule has 0 aliphatic carbocycles. The first-order chi connectivity index (χ1) is 12.8. The summed E-state index contributed by atoms with van der Waals surface area (Å²) in [6.45, 7) is 0. The smallest absolute Gasteiger partial charge is 0.303 e. The maximum atomic E-state index is 12.6. The van der Waals surface area contributed by atoms with Crippen molar-refractivity contribution in [3.8, 4) is 11.5 Å². The molecule has 2 rings (SSSR count). The third-order valence-corrected chi connectivity index (χ3v) is 4.97. The lowest BCUT2D eigenvalue weighted by molar-refractivity contribution is -0.136. The summed E-state index contributed by atoms with van der Waals surface area (Å²) in [6, 6.07) is 7.20. The fourth-order valence-electron chi connectivity index (χ4n) is 2.18. The summed E-state index contributed by atoms with van der Waals surface area (Å²) in [5.41, 5.74) is 0.0731. The molecular weight excluding hydrogens is 374 g/mol. The number of pyridine rings is 1. The van der Waals surface area contributed by atoms with Crippen LogP contribution in [0.2, 0.25) is 0 Å². The zero-order valence-corrected chi connectivity index (χ0v) is 15.5. The highest BCUT2D eigenvalue weighted by atomic mass is 32.2. The van der Waals surface area contributed by atoms with Crippen LogP contribution in [0.5, 0.6) is 11.5 Å². The molecule has 0 saturated heterocycles. The molecule has 0 saturated carbocycles. The van der Waals surface area contributed by atoms with E-state index in [1.165, 1.54) is 50.7 Å². The van der Waals surface area contributed by atoms with Gasteiger partial charge in [0.05, 0.1) is 31.7 Å². The minimum Gasteiger partial charge on any atom is -0.497 e. The Morgan fingerprint density at radius 1 is 1.15 bits per heavy atom. The number of hydrogen-bond donors (Lipinski definition) is 3. The van der Waals surface area contributed by atoms with Crippen LogP contribution in [0.3, 0.4) is 0 Å². The first-order valence-corrected chi connectivity index (χ1v) is 9.25. The summed E-state index contributed by atoms with van der Waals surface area (Å²) >= 11 is 0. The molecule has 9 nitrogen and oxygen atoms in total. The molecule has 0 bridgehead atoms. The Morgan fingerprint density at radius 2 is 1.78 bits per heavy atom. The molecule has 0 atom stereocenters. The molecule has 0 amide bonds. The number of carboxylic acid groups (broad SMARTS) is 1. The number of nitrogens with zero attached hydrogens (tertiary/aromatic N) is 1. The molecule has 10 heteroatoms. The second-order valence-corrected chi connectivity index (χ2v) is 7.11. The van der Waals surface area contributed by atoms with Gasteiger partial charge in [-0.25, -0.2) is 13.4 Å². The van der Waals surface area contributed by atoms with Gasteiger partial charge in [-0.1, -0.05) is 0 Å². The molecule has 0 aliphatic rings. The van der Waals surface area contributed by atoms with Crippen LogP contribution in [0.15, 0.2) is 41.4 Å². The van der Waals surface area contributed by atoms with E-state index in [2.05, 4.69) is 9.71 Å². The summed E-state index contributed by atoms with van der Waals surface area (Å²) in [4.78, 5) is 14.8. The van der Waals surface area contributed by atoms with Gasteiger partial charge in [-0.2, -0.15) is 0 Å². The van der Waals surface area contributed by atoms with Gasteiger partial charge in [0, 0.05) is 17.7 Å². The largest absolute Gasteiger partial charge is 0.497 e. The van der Waals surface area contributed by atoms with E-state index in [4.69, 9.17) is 20.0 Å². The monoisotopic (exact) mass is 393 g/mol. The van der Waals surface area contributed by atoms with Crippen molar-refractivity contribution in [3.05, 3.63) is 42.1 Å².